The molecule has 0 spiro atoms. The largest absolute Gasteiger partial charge is 0.480 e. The number of likely N-dealkylation sites (tertiary alicyclic amines) is 1. The average Bonchev–Trinajstić information content (AvgIpc) is 3.05. The van der Waals surface area contributed by atoms with Crippen LogP contribution in [0.15, 0.2) is 24.3 Å². The number of amides is 5. The van der Waals surface area contributed by atoms with Crippen LogP contribution in [0.3, 0.4) is 0 Å². The number of aryl methyl sites for hydroxylation is 1. The molecule has 1 aromatic rings. The SMILES string of the molecule is CC(C)(C)SC1CC(=O)N(C(=O)NC(CCCCNC(=O)CCCc2ccc(I)cc2)C(=O)O)C1=O. The van der Waals surface area contributed by atoms with Gasteiger partial charge in [-0.05, 0) is 72.4 Å². The fourth-order valence-corrected chi connectivity index (χ4v) is 5.35. The summed E-state index contributed by atoms with van der Waals surface area (Å²) in [5, 5.41) is 13.9. The lowest BCUT2D eigenvalue weighted by Gasteiger charge is -2.22. The number of halogens is 1. The van der Waals surface area contributed by atoms with Gasteiger partial charge in [0.15, 0.2) is 0 Å². The Kier molecular flexibility index (Phi) is 11.7. The highest BCUT2D eigenvalue weighted by atomic mass is 127. The van der Waals surface area contributed by atoms with Crippen molar-refractivity contribution in [2.24, 2.45) is 0 Å². The molecule has 0 aromatic heterocycles. The van der Waals surface area contributed by atoms with Crippen molar-refractivity contribution in [2.75, 3.05) is 6.54 Å². The van der Waals surface area contributed by atoms with Crippen LogP contribution in [0.5, 0.6) is 0 Å². The van der Waals surface area contributed by atoms with Gasteiger partial charge in [-0.25, -0.2) is 9.59 Å². The molecular weight excluding hydrogens is 597 g/mol. The lowest BCUT2D eigenvalue weighted by atomic mass is 10.1. The van der Waals surface area contributed by atoms with E-state index in [1.54, 1.807) is 0 Å². The summed E-state index contributed by atoms with van der Waals surface area (Å²) >= 11 is 3.55. The third-order valence-corrected chi connectivity index (χ3v) is 7.50. The van der Waals surface area contributed by atoms with Crippen molar-refractivity contribution >= 4 is 64.1 Å². The summed E-state index contributed by atoms with van der Waals surface area (Å²) in [6, 6.07) is 5.93. The summed E-state index contributed by atoms with van der Waals surface area (Å²) in [5.41, 5.74) is 1.19. The Morgan fingerprint density at radius 3 is 2.42 bits per heavy atom. The zero-order chi connectivity index (χ0) is 26.9. The molecule has 1 aromatic carbocycles. The minimum absolute atomic E-state index is 0.0580. The van der Waals surface area contributed by atoms with E-state index in [9.17, 15) is 29.1 Å². The number of aliphatic carboxylic acids is 1. The smallest absolute Gasteiger partial charge is 0.331 e. The number of hydrogen-bond donors (Lipinski definition) is 3. The van der Waals surface area contributed by atoms with E-state index in [4.69, 9.17) is 0 Å². The van der Waals surface area contributed by atoms with Crippen molar-refractivity contribution in [3.8, 4) is 0 Å². The highest BCUT2D eigenvalue weighted by molar-refractivity contribution is 14.1. The Hall–Kier alpha value is -2.15. The predicted molar refractivity (Wildman–Crippen MR) is 147 cm³/mol. The van der Waals surface area contributed by atoms with Gasteiger partial charge in [-0.3, -0.25) is 14.4 Å². The molecule has 2 atom stereocenters. The first-order chi connectivity index (χ1) is 16.9. The molecule has 0 aliphatic carbocycles. The summed E-state index contributed by atoms with van der Waals surface area (Å²) in [7, 11) is 0. The van der Waals surface area contributed by atoms with Crippen LogP contribution in [-0.2, 0) is 25.6 Å². The number of imide groups is 3. The number of carboxylic acids is 1. The summed E-state index contributed by atoms with van der Waals surface area (Å²) < 4.78 is 0.896. The molecule has 198 valence electrons. The molecule has 1 saturated heterocycles. The first kappa shape index (κ1) is 30.1. The molecule has 9 nitrogen and oxygen atoms in total. The van der Waals surface area contributed by atoms with Gasteiger partial charge in [0.05, 0.1) is 5.25 Å². The van der Waals surface area contributed by atoms with Crippen LogP contribution < -0.4 is 10.6 Å². The zero-order valence-corrected chi connectivity index (χ0v) is 23.8. The number of unbranched alkanes of at least 4 members (excludes halogenated alkanes) is 1. The summed E-state index contributed by atoms with van der Waals surface area (Å²) in [5.74, 6) is -2.56. The number of benzene rings is 1. The van der Waals surface area contributed by atoms with Crippen LogP contribution in [0, 0.1) is 3.57 Å². The van der Waals surface area contributed by atoms with Gasteiger partial charge < -0.3 is 15.7 Å². The highest BCUT2D eigenvalue weighted by Crippen LogP contribution is 2.34. The topological polar surface area (TPSA) is 133 Å². The van der Waals surface area contributed by atoms with Crippen molar-refractivity contribution in [1.29, 1.82) is 0 Å². The van der Waals surface area contributed by atoms with E-state index < -0.39 is 35.1 Å². The average molecular weight is 632 g/mol. The van der Waals surface area contributed by atoms with Crippen LogP contribution in [-0.4, -0.2) is 62.3 Å². The third-order valence-electron chi connectivity index (χ3n) is 5.42. The normalized spacial score (nSPS) is 16.7. The van der Waals surface area contributed by atoms with E-state index in [1.807, 2.05) is 32.9 Å². The maximum Gasteiger partial charge on any atom is 0.331 e. The van der Waals surface area contributed by atoms with E-state index in [0.29, 0.717) is 30.7 Å². The fraction of sp³-hybridized carbons (Fsp3) is 0.560. The fourth-order valence-electron chi connectivity index (χ4n) is 3.70. The van der Waals surface area contributed by atoms with Crippen molar-refractivity contribution in [3.05, 3.63) is 33.4 Å². The number of hydrogen-bond acceptors (Lipinski definition) is 6. The van der Waals surface area contributed by atoms with Crippen LogP contribution >= 0.6 is 34.4 Å². The van der Waals surface area contributed by atoms with Gasteiger partial charge in [-0.15, -0.1) is 11.8 Å². The number of nitrogens with one attached hydrogen (secondary N) is 2. The van der Waals surface area contributed by atoms with Crippen LogP contribution in [0.25, 0.3) is 0 Å². The van der Waals surface area contributed by atoms with E-state index >= 15 is 0 Å². The first-order valence-electron chi connectivity index (χ1n) is 12.0. The Bertz CT molecular complexity index is 964. The van der Waals surface area contributed by atoms with Crippen molar-refractivity contribution in [2.45, 2.75) is 81.8 Å². The van der Waals surface area contributed by atoms with Crippen molar-refractivity contribution in [3.63, 3.8) is 0 Å². The zero-order valence-electron chi connectivity index (χ0n) is 20.8. The maximum absolute atomic E-state index is 12.6. The molecule has 1 aliphatic rings. The molecule has 2 rings (SSSR count). The molecule has 1 fully saturated rings. The van der Waals surface area contributed by atoms with Crippen LogP contribution in [0.4, 0.5) is 4.79 Å². The molecule has 5 amide bonds. The molecular formula is C25H34IN3O6S. The number of carbonyl (C=O) groups is 5. The van der Waals surface area contributed by atoms with Gasteiger partial charge >= 0.3 is 12.0 Å². The van der Waals surface area contributed by atoms with Crippen LogP contribution in [0.2, 0.25) is 0 Å². The maximum atomic E-state index is 12.6. The lowest BCUT2D eigenvalue weighted by molar-refractivity contribution is -0.140. The van der Waals surface area contributed by atoms with Crippen molar-refractivity contribution < 1.29 is 29.1 Å². The molecule has 0 radical (unpaired) electrons. The van der Waals surface area contributed by atoms with Crippen molar-refractivity contribution in [1.82, 2.24) is 15.5 Å². The molecule has 11 heteroatoms. The molecule has 3 N–H and O–H groups in total. The standard InChI is InChI=1S/C25H34IN3O6S/c1-25(2,3)36-19-15-21(31)29(22(19)32)24(35)28-18(23(33)34)8-4-5-14-27-20(30)9-6-7-16-10-12-17(26)13-11-16/h10-13,18-19H,4-9,14-15H2,1-3H3,(H,27,30)(H,28,35)(H,33,34). The van der Waals surface area contributed by atoms with Gasteiger partial charge in [-0.2, -0.15) is 4.90 Å². The molecule has 0 saturated carbocycles. The first-order valence-corrected chi connectivity index (χ1v) is 13.9. The minimum atomic E-state index is -1.25. The van der Waals surface area contributed by atoms with E-state index in [-0.39, 0.29) is 23.5 Å². The molecule has 0 bridgehead atoms. The second kappa shape index (κ2) is 14.0. The Balaban J connectivity index is 1.70. The van der Waals surface area contributed by atoms with Gasteiger partial charge in [0.1, 0.15) is 6.04 Å². The monoisotopic (exact) mass is 631 g/mol. The van der Waals surface area contributed by atoms with E-state index in [2.05, 4.69) is 45.4 Å². The molecule has 1 aliphatic heterocycles. The number of thioether (sulfide) groups is 1. The van der Waals surface area contributed by atoms with Gasteiger partial charge in [0, 0.05) is 27.7 Å². The summed E-state index contributed by atoms with van der Waals surface area (Å²) in [4.78, 5) is 61.5. The highest BCUT2D eigenvalue weighted by Gasteiger charge is 2.45. The Morgan fingerprint density at radius 2 is 1.81 bits per heavy atom. The number of rotatable bonds is 12. The quantitative estimate of drug-likeness (QED) is 0.182. The Labute approximate surface area is 229 Å². The van der Waals surface area contributed by atoms with E-state index in [1.165, 1.54) is 20.9 Å². The number of nitrogens with zero attached hydrogens (tertiary/aromatic N) is 1. The second-order valence-electron chi connectivity index (χ2n) is 9.66. The second-order valence-corrected chi connectivity index (χ2v) is 12.9. The third kappa shape index (κ3) is 10.1. The van der Waals surface area contributed by atoms with Gasteiger partial charge in [0.25, 0.3) is 5.91 Å². The van der Waals surface area contributed by atoms with Gasteiger partial charge in [-0.1, -0.05) is 32.9 Å². The number of carboxylic acid groups (broad SMARTS) is 1. The van der Waals surface area contributed by atoms with Crippen LogP contribution in [0.1, 0.15) is 64.9 Å². The lowest BCUT2D eigenvalue weighted by Crippen LogP contribution is -2.50. The van der Waals surface area contributed by atoms with Gasteiger partial charge in [0.2, 0.25) is 11.8 Å². The molecule has 2 unspecified atom stereocenters. The van der Waals surface area contributed by atoms with E-state index in [0.717, 1.165) is 12.8 Å². The minimum Gasteiger partial charge on any atom is -0.480 e. The molecule has 36 heavy (non-hydrogen) atoms. The Morgan fingerprint density at radius 1 is 1.14 bits per heavy atom. The molecule has 1 heterocycles. The predicted octanol–water partition coefficient (Wildman–Crippen LogP) is 3.72. The number of carbonyl (C=O) groups excluding carboxylic acids is 4. The summed E-state index contributed by atoms with van der Waals surface area (Å²) in [6.07, 6.45) is 2.96. The number of urea groups is 1. The summed E-state index contributed by atoms with van der Waals surface area (Å²) in [6.45, 7) is 6.13.